The SMILES string of the molecule is O=C(CN1CCOc2ccccc2C1)N1CCCN(S(=O)(=O)N2CCCC2)CC1. The predicted molar refractivity (Wildman–Crippen MR) is 110 cm³/mol. The summed E-state index contributed by atoms with van der Waals surface area (Å²) in [6, 6.07) is 7.94. The summed E-state index contributed by atoms with van der Waals surface area (Å²) in [5, 5.41) is 0. The maximum absolute atomic E-state index is 12.9. The van der Waals surface area contributed by atoms with Crippen molar-refractivity contribution in [1.29, 1.82) is 0 Å². The maximum atomic E-state index is 12.9. The van der Waals surface area contributed by atoms with Gasteiger partial charge >= 0.3 is 0 Å². The van der Waals surface area contributed by atoms with E-state index in [-0.39, 0.29) is 5.91 Å². The van der Waals surface area contributed by atoms with E-state index in [9.17, 15) is 13.2 Å². The molecule has 3 heterocycles. The molecule has 9 heteroatoms. The number of carbonyl (C=O) groups is 1. The fourth-order valence-electron chi connectivity index (χ4n) is 4.26. The number of fused-ring (bicyclic) bond motifs is 1. The normalized spacial score (nSPS) is 22.6. The van der Waals surface area contributed by atoms with E-state index in [2.05, 4.69) is 4.90 Å². The van der Waals surface area contributed by atoms with Crippen molar-refractivity contribution in [1.82, 2.24) is 18.4 Å². The van der Waals surface area contributed by atoms with Crippen LogP contribution in [0.3, 0.4) is 0 Å². The van der Waals surface area contributed by atoms with E-state index in [4.69, 9.17) is 4.74 Å². The molecule has 1 amide bonds. The lowest BCUT2D eigenvalue weighted by atomic mass is 10.2. The largest absolute Gasteiger partial charge is 0.492 e. The van der Waals surface area contributed by atoms with Crippen LogP contribution in [0.2, 0.25) is 0 Å². The molecule has 1 aromatic rings. The van der Waals surface area contributed by atoms with E-state index in [1.165, 1.54) is 0 Å². The number of benzene rings is 1. The van der Waals surface area contributed by atoms with Crippen molar-refractivity contribution in [2.24, 2.45) is 0 Å². The van der Waals surface area contributed by atoms with Gasteiger partial charge in [-0.25, -0.2) is 0 Å². The van der Waals surface area contributed by atoms with E-state index in [0.29, 0.717) is 71.9 Å². The highest BCUT2D eigenvalue weighted by Gasteiger charge is 2.33. The molecule has 0 atom stereocenters. The van der Waals surface area contributed by atoms with Gasteiger partial charge in [-0.2, -0.15) is 17.0 Å². The number of amides is 1. The summed E-state index contributed by atoms with van der Waals surface area (Å²) >= 11 is 0. The summed E-state index contributed by atoms with van der Waals surface area (Å²) in [4.78, 5) is 16.8. The summed E-state index contributed by atoms with van der Waals surface area (Å²) in [5.41, 5.74) is 1.09. The van der Waals surface area contributed by atoms with E-state index in [1.54, 1.807) is 8.61 Å². The maximum Gasteiger partial charge on any atom is 0.282 e. The van der Waals surface area contributed by atoms with Crippen LogP contribution in [-0.2, 0) is 21.5 Å². The van der Waals surface area contributed by atoms with E-state index >= 15 is 0 Å². The molecule has 8 nitrogen and oxygen atoms in total. The van der Waals surface area contributed by atoms with E-state index in [1.807, 2.05) is 29.2 Å². The third-order valence-corrected chi connectivity index (χ3v) is 7.95. The number of rotatable bonds is 4. The van der Waals surface area contributed by atoms with Gasteiger partial charge in [0.1, 0.15) is 12.4 Å². The van der Waals surface area contributed by atoms with Crippen molar-refractivity contribution in [3.05, 3.63) is 29.8 Å². The minimum absolute atomic E-state index is 0.0600. The van der Waals surface area contributed by atoms with Crippen molar-refractivity contribution in [2.45, 2.75) is 25.8 Å². The van der Waals surface area contributed by atoms with Gasteiger partial charge in [-0.1, -0.05) is 18.2 Å². The van der Waals surface area contributed by atoms with Gasteiger partial charge < -0.3 is 9.64 Å². The fraction of sp³-hybridized carbons (Fsp3) is 0.650. The molecule has 3 aliphatic rings. The molecule has 0 N–H and O–H groups in total. The lowest BCUT2D eigenvalue weighted by Gasteiger charge is -2.27. The first-order valence-electron chi connectivity index (χ1n) is 10.5. The predicted octanol–water partition coefficient (Wildman–Crippen LogP) is 0.756. The summed E-state index contributed by atoms with van der Waals surface area (Å²) in [7, 11) is -3.40. The van der Waals surface area contributed by atoms with Crippen molar-refractivity contribution in [3.63, 3.8) is 0 Å². The fourth-order valence-corrected chi connectivity index (χ4v) is 5.98. The summed E-state index contributed by atoms with van der Waals surface area (Å²) in [6.45, 7) is 5.40. The minimum Gasteiger partial charge on any atom is -0.492 e. The Balaban J connectivity index is 1.34. The van der Waals surface area contributed by atoms with Gasteiger partial charge in [0.15, 0.2) is 0 Å². The number of hydrogen-bond acceptors (Lipinski definition) is 5. The van der Waals surface area contributed by atoms with Gasteiger partial charge in [-0.15, -0.1) is 0 Å². The second kappa shape index (κ2) is 8.99. The molecule has 3 aliphatic heterocycles. The molecule has 2 saturated heterocycles. The molecule has 4 rings (SSSR count). The Morgan fingerprint density at radius 1 is 0.897 bits per heavy atom. The molecule has 1 aromatic carbocycles. The van der Waals surface area contributed by atoms with E-state index < -0.39 is 10.2 Å². The third kappa shape index (κ3) is 4.74. The Morgan fingerprint density at radius 2 is 1.62 bits per heavy atom. The second-order valence-electron chi connectivity index (χ2n) is 7.91. The first kappa shape index (κ1) is 20.6. The third-order valence-electron chi connectivity index (χ3n) is 5.92. The van der Waals surface area contributed by atoms with Crippen molar-refractivity contribution in [3.8, 4) is 5.75 Å². The quantitative estimate of drug-likeness (QED) is 0.716. The molecular weight excluding hydrogens is 392 g/mol. The molecular formula is C20H30N4O4S. The van der Waals surface area contributed by atoms with Crippen molar-refractivity contribution in [2.75, 3.05) is 59.0 Å². The Labute approximate surface area is 173 Å². The zero-order valence-electron chi connectivity index (χ0n) is 16.8. The van der Waals surface area contributed by atoms with Crippen LogP contribution in [0, 0.1) is 0 Å². The molecule has 0 saturated carbocycles. The monoisotopic (exact) mass is 422 g/mol. The average molecular weight is 423 g/mol. The van der Waals surface area contributed by atoms with E-state index in [0.717, 1.165) is 24.2 Å². The zero-order valence-corrected chi connectivity index (χ0v) is 17.6. The van der Waals surface area contributed by atoms with Gasteiger partial charge in [0.05, 0.1) is 6.54 Å². The Morgan fingerprint density at radius 3 is 2.45 bits per heavy atom. The molecule has 0 aromatic heterocycles. The molecule has 0 spiro atoms. The highest BCUT2D eigenvalue weighted by atomic mass is 32.2. The molecule has 0 unspecified atom stereocenters. The molecule has 160 valence electrons. The summed E-state index contributed by atoms with van der Waals surface area (Å²) in [6.07, 6.45) is 2.53. The number of para-hydroxylation sites is 1. The van der Waals surface area contributed by atoms with Crippen LogP contribution >= 0.6 is 0 Å². The lowest BCUT2D eigenvalue weighted by molar-refractivity contribution is -0.132. The summed E-state index contributed by atoms with van der Waals surface area (Å²) < 4.78 is 34.6. The van der Waals surface area contributed by atoms with Gasteiger partial charge in [0.2, 0.25) is 5.91 Å². The topological polar surface area (TPSA) is 73.4 Å². The zero-order chi connectivity index (χ0) is 20.3. The molecule has 0 bridgehead atoms. The first-order valence-corrected chi connectivity index (χ1v) is 11.9. The standard InChI is InChI=1S/C20H30N4O4S/c25-20(17-21-14-15-28-19-7-2-1-6-18(19)16-21)22-8-5-11-24(13-12-22)29(26,27)23-9-3-4-10-23/h1-2,6-7H,3-5,8-17H2. The van der Waals surface area contributed by atoms with Gasteiger partial charge in [0, 0.05) is 57.9 Å². The molecule has 0 aliphatic carbocycles. The molecule has 2 fully saturated rings. The van der Waals surface area contributed by atoms with Crippen LogP contribution in [0.15, 0.2) is 24.3 Å². The number of nitrogens with zero attached hydrogens (tertiary/aromatic N) is 4. The van der Waals surface area contributed by atoms with Gasteiger partial charge in [-0.3, -0.25) is 9.69 Å². The van der Waals surface area contributed by atoms with Gasteiger partial charge in [-0.05, 0) is 25.3 Å². The van der Waals surface area contributed by atoms with Gasteiger partial charge in [0.25, 0.3) is 10.2 Å². The average Bonchev–Trinajstić information content (AvgIpc) is 3.03. The highest BCUT2D eigenvalue weighted by Crippen LogP contribution is 2.22. The Kier molecular flexibility index (Phi) is 6.38. The van der Waals surface area contributed by atoms with Crippen LogP contribution in [0.1, 0.15) is 24.8 Å². The Hall–Kier alpha value is -1.68. The second-order valence-corrected chi connectivity index (χ2v) is 9.84. The number of ether oxygens (including phenoxy) is 1. The van der Waals surface area contributed by atoms with Crippen LogP contribution in [0.5, 0.6) is 5.75 Å². The molecule has 0 radical (unpaired) electrons. The number of carbonyl (C=O) groups excluding carboxylic acids is 1. The highest BCUT2D eigenvalue weighted by molar-refractivity contribution is 7.86. The van der Waals surface area contributed by atoms with Crippen LogP contribution < -0.4 is 4.74 Å². The van der Waals surface area contributed by atoms with Crippen molar-refractivity contribution >= 4 is 16.1 Å². The van der Waals surface area contributed by atoms with Crippen LogP contribution in [-0.4, -0.2) is 91.7 Å². The Bertz CT molecular complexity index is 826. The first-order chi connectivity index (χ1) is 14.0. The smallest absolute Gasteiger partial charge is 0.282 e. The molecule has 29 heavy (non-hydrogen) atoms. The van der Waals surface area contributed by atoms with Crippen LogP contribution in [0.25, 0.3) is 0 Å². The summed E-state index contributed by atoms with van der Waals surface area (Å²) in [5.74, 6) is 0.949. The van der Waals surface area contributed by atoms with Crippen molar-refractivity contribution < 1.29 is 17.9 Å². The van der Waals surface area contributed by atoms with Crippen LogP contribution in [0.4, 0.5) is 0 Å². The number of hydrogen-bond donors (Lipinski definition) is 0. The lowest BCUT2D eigenvalue weighted by Crippen LogP contribution is -2.45. The minimum atomic E-state index is -3.40.